The van der Waals surface area contributed by atoms with Gasteiger partial charge < -0.3 is 9.84 Å². The van der Waals surface area contributed by atoms with Crippen LogP contribution in [0.25, 0.3) is 22.2 Å². The predicted octanol–water partition coefficient (Wildman–Crippen LogP) is 4.43. The molecule has 1 heterocycles. The van der Waals surface area contributed by atoms with Gasteiger partial charge in [-0.25, -0.2) is 18.2 Å². The van der Waals surface area contributed by atoms with E-state index in [4.69, 9.17) is 4.74 Å². The van der Waals surface area contributed by atoms with Gasteiger partial charge in [0.05, 0.1) is 29.4 Å². The number of rotatable bonds is 3. The summed E-state index contributed by atoms with van der Waals surface area (Å²) in [5.41, 5.74) is -0.412. The molecule has 3 rings (SSSR count). The Morgan fingerprint density at radius 3 is 2.32 bits per heavy atom. The summed E-state index contributed by atoms with van der Waals surface area (Å²) in [6.07, 6.45) is -3.67. The highest BCUT2D eigenvalue weighted by Gasteiger charge is 2.31. The second kappa shape index (κ2) is 7.52. The number of ether oxygens (including phenoxy) is 1. The zero-order valence-electron chi connectivity index (χ0n) is 17.0. The predicted molar refractivity (Wildman–Crippen MR) is 108 cm³/mol. The Balaban J connectivity index is 2.48. The normalized spacial score (nSPS) is 12.2. The number of aryl methyl sites for hydroxylation is 1. The van der Waals surface area contributed by atoms with E-state index in [0.717, 1.165) is 31.6 Å². The molecule has 0 aliphatic heterocycles. The number of methoxy groups -OCH3 is 1. The molecule has 0 saturated heterocycles. The smallest absolute Gasteiger partial charge is 0.416 e. The minimum absolute atomic E-state index is 0.0395. The summed E-state index contributed by atoms with van der Waals surface area (Å²) in [7, 11) is -2.73. The number of nitrogens with zero attached hydrogens (tertiary/aromatic N) is 1. The van der Waals surface area contributed by atoms with Crippen molar-refractivity contribution in [1.29, 1.82) is 0 Å². The maximum atomic E-state index is 13.2. The number of pyridine rings is 1. The Labute approximate surface area is 176 Å². The topological polar surface area (TPSA) is 93.6 Å². The summed E-state index contributed by atoms with van der Waals surface area (Å²) in [5, 5.41) is 10.4. The van der Waals surface area contributed by atoms with Crippen molar-refractivity contribution in [1.82, 2.24) is 4.98 Å². The number of alkyl halides is 3. The van der Waals surface area contributed by atoms with Crippen molar-refractivity contribution >= 4 is 26.7 Å². The van der Waals surface area contributed by atoms with E-state index in [2.05, 4.69) is 4.98 Å². The van der Waals surface area contributed by atoms with E-state index >= 15 is 0 Å². The van der Waals surface area contributed by atoms with Gasteiger partial charge in [0.25, 0.3) is 0 Å². The highest BCUT2D eigenvalue weighted by atomic mass is 32.2. The van der Waals surface area contributed by atoms with Gasteiger partial charge in [-0.15, -0.1) is 0 Å². The van der Waals surface area contributed by atoms with E-state index in [9.17, 15) is 31.5 Å². The highest BCUT2D eigenvalue weighted by molar-refractivity contribution is 7.90. The van der Waals surface area contributed by atoms with Crippen molar-refractivity contribution in [3.63, 3.8) is 0 Å². The van der Waals surface area contributed by atoms with Gasteiger partial charge in [0, 0.05) is 23.3 Å². The number of hydrogen-bond donors (Lipinski definition) is 1. The largest absolute Gasteiger partial charge is 0.506 e. The molecule has 0 unspecified atom stereocenters. The summed E-state index contributed by atoms with van der Waals surface area (Å²) >= 11 is 0. The molecule has 10 heteroatoms. The maximum absolute atomic E-state index is 13.2. The Kier molecular flexibility index (Phi) is 5.47. The summed E-state index contributed by atoms with van der Waals surface area (Å²) in [4.78, 5) is 16.6. The molecule has 164 valence electrons. The lowest BCUT2D eigenvalue weighted by Gasteiger charge is -2.18. The zero-order chi connectivity index (χ0) is 23.3. The molecule has 2 aromatic carbocycles. The van der Waals surface area contributed by atoms with Crippen molar-refractivity contribution in [3.8, 4) is 17.0 Å². The molecule has 0 aliphatic carbocycles. The number of phenolic OH excluding ortho intramolecular Hbond substituents is 1. The van der Waals surface area contributed by atoms with E-state index < -0.39 is 33.3 Å². The number of aromatic nitrogens is 1. The van der Waals surface area contributed by atoms with Crippen LogP contribution >= 0.6 is 0 Å². The first-order chi connectivity index (χ1) is 14.3. The minimum atomic E-state index is -4.58. The number of halogens is 3. The Morgan fingerprint density at radius 1 is 1.13 bits per heavy atom. The first kappa shape index (κ1) is 22.5. The molecule has 0 radical (unpaired) electrons. The van der Waals surface area contributed by atoms with Crippen LogP contribution in [0.1, 0.15) is 27.0 Å². The standard InChI is InChI=1S/C21H18F3NO5S/c1-10-17(20(27)30-3)16-11(2)19(31(4,28)29)15(26)9-14(16)25-18(10)12-6-5-7-13(8-12)21(22,23)24/h5-9,26H,1-4H3. The summed E-state index contributed by atoms with van der Waals surface area (Å²) in [5.74, 6) is -1.39. The van der Waals surface area contributed by atoms with Crippen LogP contribution in [0.3, 0.4) is 0 Å². The van der Waals surface area contributed by atoms with Crippen LogP contribution in [0, 0.1) is 13.8 Å². The lowest BCUT2D eigenvalue weighted by atomic mass is 9.94. The summed E-state index contributed by atoms with van der Waals surface area (Å²) in [6, 6.07) is 5.52. The number of carbonyl (C=O) groups excluding carboxylic acids is 1. The number of fused-ring (bicyclic) bond motifs is 1. The molecule has 0 bridgehead atoms. The fourth-order valence-electron chi connectivity index (χ4n) is 3.63. The van der Waals surface area contributed by atoms with Crippen LogP contribution in [0.5, 0.6) is 5.75 Å². The molecular weight excluding hydrogens is 435 g/mol. The number of benzene rings is 2. The molecular formula is C21H18F3NO5S. The SMILES string of the molecule is COC(=O)c1c(C)c(-c2cccc(C(F)(F)F)c2)nc2cc(O)c(S(C)(=O)=O)c(C)c12. The van der Waals surface area contributed by atoms with Gasteiger partial charge in [0.15, 0.2) is 9.84 Å². The van der Waals surface area contributed by atoms with Crippen LogP contribution < -0.4 is 0 Å². The first-order valence-electron chi connectivity index (χ1n) is 8.90. The van der Waals surface area contributed by atoms with E-state index in [1.165, 1.54) is 26.0 Å². The Morgan fingerprint density at radius 2 is 1.77 bits per heavy atom. The average Bonchev–Trinajstić information content (AvgIpc) is 2.65. The van der Waals surface area contributed by atoms with Gasteiger partial charge in [-0.3, -0.25) is 0 Å². The van der Waals surface area contributed by atoms with E-state index in [1.54, 1.807) is 0 Å². The fourth-order valence-corrected chi connectivity index (χ4v) is 4.73. The van der Waals surface area contributed by atoms with Crippen LogP contribution in [-0.4, -0.2) is 37.8 Å². The van der Waals surface area contributed by atoms with Gasteiger partial charge in [0.2, 0.25) is 0 Å². The minimum Gasteiger partial charge on any atom is -0.506 e. The number of carbonyl (C=O) groups is 1. The van der Waals surface area contributed by atoms with Gasteiger partial charge >= 0.3 is 12.1 Å². The quantitative estimate of drug-likeness (QED) is 0.590. The molecule has 0 saturated carbocycles. The van der Waals surface area contributed by atoms with Crippen molar-refractivity contribution in [2.75, 3.05) is 13.4 Å². The second-order valence-electron chi connectivity index (χ2n) is 7.05. The van der Waals surface area contributed by atoms with Gasteiger partial charge in [-0.2, -0.15) is 13.2 Å². The van der Waals surface area contributed by atoms with Crippen molar-refractivity contribution in [2.24, 2.45) is 0 Å². The molecule has 0 atom stereocenters. The van der Waals surface area contributed by atoms with Crippen LogP contribution in [0.4, 0.5) is 13.2 Å². The lowest BCUT2D eigenvalue weighted by Crippen LogP contribution is -2.11. The van der Waals surface area contributed by atoms with E-state index in [-0.39, 0.29) is 43.7 Å². The van der Waals surface area contributed by atoms with Crippen molar-refractivity contribution in [2.45, 2.75) is 24.9 Å². The molecule has 0 spiro atoms. The van der Waals surface area contributed by atoms with Crippen LogP contribution in [0.2, 0.25) is 0 Å². The molecule has 6 nitrogen and oxygen atoms in total. The Hall–Kier alpha value is -3.14. The van der Waals surface area contributed by atoms with E-state index in [0.29, 0.717) is 0 Å². The third-order valence-electron chi connectivity index (χ3n) is 4.91. The van der Waals surface area contributed by atoms with Crippen molar-refractivity contribution < 1.29 is 36.2 Å². The van der Waals surface area contributed by atoms with Gasteiger partial charge in [0.1, 0.15) is 10.6 Å². The molecule has 31 heavy (non-hydrogen) atoms. The summed E-state index contributed by atoms with van der Waals surface area (Å²) in [6.45, 7) is 2.90. The third kappa shape index (κ3) is 3.95. The van der Waals surface area contributed by atoms with Crippen LogP contribution in [0.15, 0.2) is 35.2 Å². The van der Waals surface area contributed by atoms with Crippen molar-refractivity contribution in [3.05, 3.63) is 52.6 Å². The van der Waals surface area contributed by atoms with Crippen LogP contribution in [-0.2, 0) is 20.8 Å². The monoisotopic (exact) mass is 453 g/mol. The molecule has 1 N–H and O–H groups in total. The average molecular weight is 453 g/mol. The Bertz CT molecular complexity index is 1330. The number of aromatic hydroxyl groups is 1. The number of esters is 1. The maximum Gasteiger partial charge on any atom is 0.416 e. The molecule has 0 aliphatic rings. The first-order valence-corrected chi connectivity index (χ1v) is 10.8. The molecule has 1 aromatic heterocycles. The summed E-state index contributed by atoms with van der Waals surface area (Å²) < 4.78 is 68.7. The molecule has 3 aromatic rings. The fraction of sp³-hybridized carbons (Fsp3) is 0.238. The second-order valence-corrected chi connectivity index (χ2v) is 9.00. The third-order valence-corrected chi connectivity index (χ3v) is 6.17. The van der Waals surface area contributed by atoms with Gasteiger partial charge in [-0.05, 0) is 37.1 Å². The highest BCUT2D eigenvalue weighted by Crippen LogP contribution is 2.39. The zero-order valence-corrected chi connectivity index (χ0v) is 17.8. The molecule has 0 fully saturated rings. The lowest BCUT2D eigenvalue weighted by molar-refractivity contribution is -0.137. The number of hydrogen-bond acceptors (Lipinski definition) is 6. The molecule has 0 amide bonds. The van der Waals surface area contributed by atoms with Gasteiger partial charge in [-0.1, -0.05) is 12.1 Å². The van der Waals surface area contributed by atoms with E-state index in [1.807, 2.05) is 0 Å². The number of phenols is 1. The number of sulfone groups is 1.